The molecule has 0 aromatic heterocycles. The summed E-state index contributed by atoms with van der Waals surface area (Å²) >= 11 is 1.59. The van der Waals surface area contributed by atoms with Gasteiger partial charge in [-0.1, -0.05) is 0 Å². The summed E-state index contributed by atoms with van der Waals surface area (Å²) in [5.74, 6) is 0.366. The number of hydrogen-bond acceptors (Lipinski definition) is 4. The molecule has 0 atom stereocenters. The van der Waals surface area contributed by atoms with Crippen LogP contribution in [0.3, 0.4) is 0 Å². The van der Waals surface area contributed by atoms with Gasteiger partial charge in [-0.3, -0.25) is 9.79 Å². The summed E-state index contributed by atoms with van der Waals surface area (Å²) in [5.41, 5.74) is 0.910. The van der Waals surface area contributed by atoms with Gasteiger partial charge in [-0.2, -0.15) is 0 Å². The molecule has 1 heterocycles. The number of esters is 1. The lowest BCUT2D eigenvalue weighted by Gasteiger charge is -2.33. The van der Waals surface area contributed by atoms with E-state index in [1.165, 1.54) is 13.2 Å². The molecule has 0 unspecified atom stereocenters. The van der Waals surface area contributed by atoms with Crippen LogP contribution < -0.4 is 5.32 Å². The van der Waals surface area contributed by atoms with Gasteiger partial charge in [0.1, 0.15) is 5.82 Å². The second-order valence-electron chi connectivity index (χ2n) is 5.64. The van der Waals surface area contributed by atoms with Gasteiger partial charge in [-0.15, -0.1) is 11.8 Å². The van der Waals surface area contributed by atoms with Crippen LogP contribution in [0, 0.1) is 11.7 Å². The van der Waals surface area contributed by atoms with Gasteiger partial charge < -0.3 is 15.0 Å². The second kappa shape index (κ2) is 8.92. The molecule has 0 spiro atoms. The fraction of sp³-hybridized carbons (Fsp3) is 0.529. The third kappa shape index (κ3) is 4.63. The molecule has 2 rings (SSSR count). The number of hydrogen-bond donors (Lipinski definition) is 1. The number of carbonyl (C=O) groups is 1. The predicted octanol–water partition coefficient (Wildman–Crippen LogP) is 2.51. The quantitative estimate of drug-likeness (QED) is 0.390. The zero-order valence-corrected chi connectivity index (χ0v) is 15.2. The summed E-state index contributed by atoms with van der Waals surface area (Å²) in [6.45, 7) is 2.01. The highest BCUT2D eigenvalue weighted by atomic mass is 32.2. The van der Waals surface area contributed by atoms with E-state index in [4.69, 9.17) is 4.74 Å². The van der Waals surface area contributed by atoms with E-state index >= 15 is 0 Å². The van der Waals surface area contributed by atoms with Crippen molar-refractivity contribution in [1.29, 1.82) is 0 Å². The Morgan fingerprint density at radius 1 is 1.46 bits per heavy atom. The van der Waals surface area contributed by atoms with Crippen LogP contribution in [0.1, 0.15) is 18.4 Å². The van der Waals surface area contributed by atoms with Gasteiger partial charge in [0.2, 0.25) is 0 Å². The van der Waals surface area contributed by atoms with Gasteiger partial charge in [-0.25, -0.2) is 4.39 Å². The number of likely N-dealkylation sites (tertiary alicyclic amines) is 1. The number of halogens is 1. The Bertz CT molecular complexity index is 601. The summed E-state index contributed by atoms with van der Waals surface area (Å²) in [5, 5.41) is 3.30. The first-order valence-electron chi connectivity index (χ1n) is 7.95. The van der Waals surface area contributed by atoms with Crippen molar-refractivity contribution in [3.05, 3.63) is 29.6 Å². The maximum Gasteiger partial charge on any atom is 0.308 e. The fourth-order valence-corrected chi connectivity index (χ4v) is 3.48. The molecule has 24 heavy (non-hydrogen) atoms. The number of nitrogens with one attached hydrogen (secondary N) is 1. The van der Waals surface area contributed by atoms with Crippen LogP contribution >= 0.6 is 11.8 Å². The average molecular weight is 353 g/mol. The molecule has 0 amide bonds. The molecule has 1 aromatic carbocycles. The van der Waals surface area contributed by atoms with Crippen molar-refractivity contribution in [3.63, 3.8) is 0 Å². The predicted molar refractivity (Wildman–Crippen MR) is 94.7 cm³/mol. The minimum Gasteiger partial charge on any atom is -0.469 e. The Morgan fingerprint density at radius 2 is 2.17 bits per heavy atom. The number of piperidine rings is 1. The molecule has 0 saturated carbocycles. The third-order valence-corrected chi connectivity index (χ3v) is 5.06. The smallest absolute Gasteiger partial charge is 0.308 e. The maximum atomic E-state index is 13.5. The minimum atomic E-state index is -0.238. The number of carbonyl (C=O) groups excluding carboxylic acids is 1. The zero-order chi connectivity index (χ0) is 17.5. The van der Waals surface area contributed by atoms with E-state index < -0.39 is 0 Å². The minimum absolute atomic E-state index is 0.0318. The Balaban J connectivity index is 1.94. The molecule has 1 saturated heterocycles. The molecule has 7 heteroatoms. The monoisotopic (exact) mass is 353 g/mol. The second-order valence-corrected chi connectivity index (χ2v) is 6.49. The number of thioether (sulfide) groups is 1. The molecule has 0 radical (unpaired) electrons. The summed E-state index contributed by atoms with van der Waals surface area (Å²) in [6, 6.07) is 4.82. The Hall–Kier alpha value is -1.76. The van der Waals surface area contributed by atoms with E-state index in [0.717, 1.165) is 42.3 Å². The van der Waals surface area contributed by atoms with Gasteiger partial charge >= 0.3 is 5.97 Å². The first-order chi connectivity index (χ1) is 11.6. The van der Waals surface area contributed by atoms with Crippen LogP contribution in [0.25, 0.3) is 0 Å². The number of ether oxygens (including phenoxy) is 1. The van der Waals surface area contributed by atoms with E-state index in [1.807, 2.05) is 6.26 Å². The van der Waals surface area contributed by atoms with Crippen molar-refractivity contribution in [2.24, 2.45) is 10.9 Å². The van der Waals surface area contributed by atoms with E-state index in [0.29, 0.717) is 6.54 Å². The molecule has 0 aliphatic carbocycles. The fourth-order valence-electron chi connectivity index (χ4n) is 2.89. The molecule has 1 N–H and O–H groups in total. The zero-order valence-electron chi connectivity index (χ0n) is 14.3. The normalized spacial score (nSPS) is 16.2. The van der Waals surface area contributed by atoms with E-state index in [9.17, 15) is 9.18 Å². The lowest BCUT2D eigenvalue weighted by molar-refractivity contribution is -0.146. The van der Waals surface area contributed by atoms with Crippen LogP contribution in [0.15, 0.2) is 28.1 Å². The molecule has 5 nitrogen and oxygen atoms in total. The molecule has 132 valence electrons. The summed E-state index contributed by atoms with van der Waals surface area (Å²) in [7, 11) is 3.16. The molecule has 1 aliphatic heterocycles. The Kier molecular flexibility index (Phi) is 6.90. The highest BCUT2D eigenvalue weighted by Gasteiger charge is 2.26. The highest BCUT2D eigenvalue weighted by Crippen LogP contribution is 2.22. The molecular formula is C17H24FN3O2S. The van der Waals surface area contributed by atoms with Crippen molar-refractivity contribution < 1.29 is 13.9 Å². The van der Waals surface area contributed by atoms with Crippen LogP contribution in [0.2, 0.25) is 0 Å². The molecule has 0 bridgehead atoms. The summed E-state index contributed by atoms with van der Waals surface area (Å²) in [4.78, 5) is 19.1. The SMILES string of the molecule is CN=C(NCc1cc(F)ccc1SC)N1CCC(C(=O)OC)CC1. The average Bonchev–Trinajstić information content (AvgIpc) is 2.62. The van der Waals surface area contributed by atoms with Gasteiger partial charge in [0, 0.05) is 31.6 Å². The third-order valence-electron chi connectivity index (χ3n) is 4.22. The maximum absolute atomic E-state index is 13.5. The topological polar surface area (TPSA) is 53.9 Å². The number of nitrogens with zero attached hydrogens (tertiary/aromatic N) is 2. The number of guanidine groups is 1. The van der Waals surface area contributed by atoms with Gasteiger partial charge in [0.05, 0.1) is 13.0 Å². The van der Waals surface area contributed by atoms with Gasteiger partial charge in [-0.05, 0) is 42.9 Å². The Morgan fingerprint density at radius 3 is 2.75 bits per heavy atom. The van der Waals surface area contributed by atoms with Crippen molar-refractivity contribution in [2.75, 3.05) is 33.5 Å². The number of benzene rings is 1. The number of rotatable bonds is 4. The van der Waals surface area contributed by atoms with Crippen molar-refractivity contribution in [3.8, 4) is 0 Å². The van der Waals surface area contributed by atoms with Crippen LogP contribution in [-0.4, -0.2) is 50.3 Å². The molecule has 1 fully saturated rings. The number of methoxy groups -OCH3 is 1. The van der Waals surface area contributed by atoms with E-state index in [1.54, 1.807) is 30.9 Å². The lowest BCUT2D eigenvalue weighted by Crippen LogP contribution is -2.46. The largest absolute Gasteiger partial charge is 0.469 e. The van der Waals surface area contributed by atoms with E-state index in [2.05, 4.69) is 15.2 Å². The van der Waals surface area contributed by atoms with Crippen LogP contribution in [-0.2, 0) is 16.1 Å². The van der Waals surface area contributed by atoms with Crippen molar-refractivity contribution >= 4 is 23.7 Å². The van der Waals surface area contributed by atoms with E-state index in [-0.39, 0.29) is 17.7 Å². The highest BCUT2D eigenvalue weighted by molar-refractivity contribution is 7.98. The van der Waals surface area contributed by atoms with Gasteiger partial charge in [0.25, 0.3) is 0 Å². The molecule has 1 aromatic rings. The van der Waals surface area contributed by atoms with Crippen LogP contribution in [0.4, 0.5) is 4.39 Å². The molecule has 1 aliphatic rings. The standard InChI is InChI=1S/C17H24FN3O2S/c1-19-17(21-8-6-12(7-9-21)16(22)23-2)20-11-13-10-14(18)4-5-15(13)24-3/h4-5,10,12H,6-9,11H2,1-3H3,(H,19,20). The van der Waals surface area contributed by atoms with Gasteiger partial charge in [0.15, 0.2) is 5.96 Å². The van der Waals surface area contributed by atoms with Crippen molar-refractivity contribution in [2.45, 2.75) is 24.3 Å². The first kappa shape index (κ1) is 18.6. The lowest BCUT2D eigenvalue weighted by atomic mass is 9.97. The van der Waals surface area contributed by atoms with Crippen molar-refractivity contribution in [1.82, 2.24) is 10.2 Å². The summed E-state index contributed by atoms with van der Waals surface area (Å²) < 4.78 is 18.3. The first-order valence-corrected chi connectivity index (χ1v) is 9.17. The van der Waals surface area contributed by atoms with Crippen LogP contribution in [0.5, 0.6) is 0 Å². The Labute approximate surface area is 146 Å². The summed E-state index contributed by atoms with van der Waals surface area (Å²) in [6.07, 6.45) is 3.48. The molecular weight excluding hydrogens is 329 g/mol. The number of aliphatic imine (C=N–C) groups is 1.